The minimum absolute atomic E-state index is 0.0464. The van der Waals surface area contributed by atoms with E-state index in [4.69, 9.17) is 0 Å². The van der Waals surface area contributed by atoms with E-state index in [-0.39, 0.29) is 18.5 Å². The second-order valence-electron chi connectivity index (χ2n) is 9.10. The van der Waals surface area contributed by atoms with Crippen LogP contribution in [0.1, 0.15) is 50.7 Å². The molecule has 2 amide bonds. The molecular weight excluding hydrogens is 469 g/mol. The molecule has 0 heterocycles. The fourth-order valence-electron chi connectivity index (χ4n) is 4.27. The minimum Gasteiger partial charge on any atom is -0.352 e. The van der Waals surface area contributed by atoms with E-state index in [2.05, 4.69) is 5.32 Å². The third-order valence-corrected chi connectivity index (χ3v) is 7.59. The molecule has 1 aliphatic carbocycles. The number of amides is 2. The molecule has 0 bridgehead atoms. The van der Waals surface area contributed by atoms with E-state index >= 15 is 0 Å². The van der Waals surface area contributed by atoms with Crippen LogP contribution < -0.4 is 9.62 Å². The van der Waals surface area contributed by atoms with Crippen molar-refractivity contribution in [1.29, 1.82) is 0 Å². The summed E-state index contributed by atoms with van der Waals surface area (Å²) in [6, 6.07) is 11.9. The number of halogens is 1. The van der Waals surface area contributed by atoms with Gasteiger partial charge in [0.1, 0.15) is 18.4 Å². The molecule has 1 saturated carbocycles. The molecule has 0 saturated heterocycles. The van der Waals surface area contributed by atoms with Crippen LogP contribution >= 0.6 is 0 Å². The third-order valence-electron chi connectivity index (χ3n) is 6.45. The maximum absolute atomic E-state index is 13.5. The van der Waals surface area contributed by atoms with Gasteiger partial charge in [0.15, 0.2) is 0 Å². The summed E-state index contributed by atoms with van der Waals surface area (Å²) in [5, 5.41) is 3.01. The zero-order valence-electron chi connectivity index (χ0n) is 20.5. The molecule has 2 aromatic carbocycles. The zero-order valence-corrected chi connectivity index (χ0v) is 21.4. The van der Waals surface area contributed by atoms with Crippen LogP contribution in [-0.2, 0) is 32.6 Å². The van der Waals surface area contributed by atoms with E-state index in [1.807, 2.05) is 19.1 Å². The van der Waals surface area contributed by atoms with Crippen molar-refractivity contribution in [3.8, 4) is 0 Å². The number of nitrogens with one attached hydrogen (secondary N) is 1. The van der Waals surface area contributed by atoms with Crippen molar-refractivity contribution in [3.05, 3.63) is 65.5 Å². The van der Waals surface area contributed by atoms with Gasteiger partial charge in [-0.3, -0.25) is 13.9 Å². The lowest BCUT2D eigenvalue weighted by atomic mass is 10.1. The molecule has 1 fully saturated rings. The maximum Gasteiger partial charge on any atom is 0.244 e. The monoisotopic (exact) mass is 503 g/mol. The van der Waals surface area contributed by atoms with Crippen LogP contribution in [0.4, 0.5) is 10.1 Å². The van der Waals surface area contributed by atoms with Crippen LogP contribution in [0, 0.1) is 5.82 Å². The normalized spacial score (nSPS) is 15.0. The van der Waals surface area contributed by atoms with Gasteiger partial charge in [-0.25, -0.2) is 12.8 Å². The van der Waals surface area contributed by atoms with E-state index in [1.54, 1.807) is 31.2 Å². The molecule has 0 spiro atoms. The topological polar surface area (TPSA) is 86.8 Å². The van der Waals surface area contributed by atoms with E-state index in [1.165, 1.54) is 17.0 Å². The summed E-state index contributed by atoms with van der Waals surface area (Å²) in [4.78, 5) is 27.9. The Morgan fingerprint density at radius 2 is 1.60 bits per heavy atom. The van der Waals surface area contributed by atoms with Gasteiger partial charge in [-0.05, 0) is 61.6 Å². The number of carbonyl (C=O) groups excluding carboxylic acids is 2. The summed E-state index contributed by atoms with van der Waals surface area (Å²) >= 11 is 0. The number of nitrogens with zero attached hydrogens (tertiary/aromatic N) is 2. The summed E-state index contributed by atoms with van der Waals surface area (Å²) in [6.07, 6.45) is 5.76. The van der Waals surface area contributed by atoms with Crippen molar-refractivity contribution in [2.45, 2.75) is 64.6 Å². The quantitative estimate of drug-likeness (QED) is 0.537. The summed E-state index contributed by atoms with van der Waals surface area (Å²) < 4.78 is 39.7. The predicted octanol–water partition coefficient (Wildman–Crippen LogP) is 3.63. The molecular formula is C26H34FN3O4S. The first kappa shape index (κ1) is 26.7. The second kappa shape index (κ2) is 11.7. The van der Waals surface area contributed by atoms with E-state index in [0.717, 1.165) is 48.2 Å². The Hall–Kier alpha value is -2.94. The van der Waals surface area contributed by atoms with Crippen molar-refractivity contribution >= 4 is 27.5 Å². The summed E-state index contributed by atoms with van der Waals surface area (Å²) in [5.41, 5.74) is 2.06. The van der Waals surface area contributed by atoms with Crippen LogP contribution in [0.25, 0.3) is 0 Å². The molecule has 0 unspecified atom stereocenters. The third kappa shape index (κ3) is 7.27. The van der Waals surface area contributed by atoms with E-state index in [9.17, 15) is 22.4 Å². The van der Waals surface area contributed by atoms with Crippen LogP contribution in [0.5, 0.6) is 0 Å². The Morgan fingerprint density at radius 3 is 2.14 bits per heavy atom. The average molecular weight is 504 g/mol. The summed E-state index contributed by atoms with van der Waals surface area (Å²) in [5.74, 6) is -1.21. The highest BCUT2D eigenvalue weighted by Crippen LogP contribution is 2.21. The molecule has 0 radical (unpaired) electrons. The lowest BCUT2D eigenvalue weighted by Gasteiger charge is -2.32. The highest BCUT2D eigenvalue weighted by molar-refractivity contribution is 7.92. The van der Waals surface area contributed by atoms with Gasteiger partial charge < -0.3 is 10.2 Å². The van der Waals surface area contributed by atoms with Gasteiger partial charge >= 0.3 is 0 Å². The van der Waals surface area contributed by atoms with Crippen LogP contribution in [0.2, 0.25) is 0 Å². The van der Waals surface area contributed by atoms with Crippen LogP contribution in [0.15, 0.2) is 48.5 Å². The fourth-order valence-corrected chi connectivity index (χ4v) is 5.12. The first-order valence-electron chi connectivity index (χ1n) is 12.0. The largest absolute Gasteiger partial charge is 0.352 e. The Balaban J connectivity index is 1.86. The maximum atomic E-state index is 13.5. The molecule has 0 aliphatic heterocycles. The molecule has 1 atom stereocenters. The number of carbonyl (C=O) groups is 2. The van der Waals surface area contributed by atoms with Gasteiger partial charge in [0, 0.05) is 12.6 Å². The lowest BCUT2D eigenvalue weighted by molar-refractivity contribution is -0.139. The van der Waals surface area contributed by atoms with Crippen molar-refractivity contribution in [2.75, 3.05) is 17.1 Å². The number of anilines is 1. The van der Waals surface area contributed by atoms with Gasteiger partial charge in [0.2, 0.25) is 21.8 Å². The molecule has 2 aromatic rings. The van der Waals surface area contributed by atoms with Crippen LogP contribution in [-0.4, -0.2) is 50.0 Å². The van der Waals surface area contributed by atoms with Gasteiger partial charge in [-0.2, -0.15) is 0 Å². The van der Waals surface area contributed by atoms with Gasteiger partial charge in [0.05, 0.1) is 11.9 Å². The zero-order chi connectivity index (χ0) is 25.6. The molecule has 9 heteroatoms. The van der Waals surface area contributed by atoms with E-state index in [0.29, 0.717) is 11.3 Å². The molecule has 0 aromatic heterocycles. The van der Waals surface area contributed by atoms with Crippen molar-refractivity contribution < 1.29 is 22.4 Å². The molecule has 190 valence electrons. The predicted molar refractivity (Wildman–Crippen MR) is 135 cm³/mol. The average Bonchev–Trinajstić information content (AvgIpc) is 3.34. The molecule has 1 aliphatic rings. The number of hydrogen-bond donors (Lipinski definition) is 1. The van der Waals surface area contributed by atoms with E-state index < -0.39 is 34.3 Å². The first-order valence-corrected chi connectivity index (χ1v) is 13.8. The molecule has 35 heavy (non-hydrogen) atoms. The number of benzene rings is 2. The highest BCUT2D eigenvalue weighted by Gasteiger charge is 2.31. The smallest absolute Gasteiger partial charge is 0.244 e. The second-order valence-corrected chi connectivity index (χ2v) is 11.0. The Labute approximate surface area is 207 Å². The standard InChI is InChI=1S/C26H34FN3O4S/c1-4-20-11-15-24(16-12-20)30(35(3,33)34)18-25(31)29(17-21-9-13-22(27)14-10-21)19(2)26(32)28-23-7-5-6-8-23/h9-16,19,23H,4-8,17-18H2,1-3H3,(H,28,32)/t19-/m0/s1. The fraction of sp³-hybridized carbons (Fsp3) is 0.462. The summed E-state index contributed by atoms with van der Waals surface area (Å²) in [6.45, 7) is 3.22. The van der Waals surface area contributed by atoms with Gasteiger partial charge in [0.25, 0.3) is 0 Å². The number of hydrogen-bond acceptors (Lipinski definition) is 4. The number of sulfonamides is 1. The first-order chi connectivity index (χ1) is 16.6. The van der Waals surface area contributed by atoms with Crippen LogP contribution in [0.3, 0.4) is 0 Å². The SMILES string of the molecule is CCc1ccc(N(CC(=O)N(Cc2ccc(F)cc2)[C@@H](C)C(=O)NC2CCCC2)S(C)(=O)=O)cc1. The number of aryl methyl sites for hydroxylation is 1. The van der Waals surface area contributed by atoms with Gasteiger partial charge in [-0.1, -0.05) is 44.0 Å². The van der Waals surface area contributed by atoms with Crippen molar-refractivity contribution in [2.24, 2.45) is 0 Å². The van der Waals surface area contributed by atoms with Crippen molar-refractivity contribution in [1.82, 2.24) is 10.2 Å². The Morgan fingerprint density at radius 1 is 1.03 bits per heavy atom. The molecule has 7 nitrogen and oxygen atoms in total. The summed E-state index contributed by atoms with van der Waals surface area (Å²) in [7, 11) is -3.77. The Kier molecular flexibility index (Phi) is 8.88. The molecule has 1 N–H and O–H groups in total. The number of rotatable bonds is 10. The Bertz CT molecular complexity index is 1110. The highest BCUT2D eigenvalue weighted by atomic mass is 32.2. The minimum atomic E-state index is -3.77. The van der Waals surface area contributed by atoms with Gasteiger partial charge in [-0.15, -0.1) is 0 Å². The molecule has 3 rings (SSSR count). The lowest BCUT2D eigenvalue weighted by Crippen LogP contribution is -2.52. The van der Waals surface area contributed by atoms with Crippen molar-refractivity contribution in [3.63, 3.8) is 0 Å².